The number of hydrogen-bond acceptors (Lipinski definition) is 8. The van der Waals surface area contributed by atoms with Crippen LogP contribution in [-0.2, 0) is 4.74 Å². The van der Waals surface area contributed by atoms with Gasteiger partial charge >= 0.3 is 0 Å². The molecular formula is C12H16N4O5. The normalized spacial score (nSPS) is 32.9. The molecule has 2 aromatic rings. The largest absolute Gasteiger partial charge is 0.394 e. The predicted molar refractivity (Wildman–Crippen MR) is 71.0 cm³/mol. The molecule has 1 aliphatic heterocycles. The number of aliphatic hydroxyl groups is 4. The summed E-state index contributed by atoms with van der Waals surface area (Å²) >= 11 is 0. The Balaban J connectivity index is 2.11. The lowest BCUT2D eigenvalue weighted by Gasteiger charge is -2.29. The Kier molecular flexibility index (Phi) is 3.30. The van der Waals surface area contributed by atoms with Crippen molar-refractivity contribution in [1.29, 1.82) is 0 Å². The van der Waals surface area contributed by atoms with Gasteiger partial charge in [0.25, 0.3) is 0 Å². The third-order valence-electron chi connectivity index (χ3n) is 3.82. The van der Waals surface area contributed by atoms with Crippen molar-refractivity contribution in [2.24, 2.45) is 0 Å². The van der Waals surface area contributed by atoms with Crippen LogP contribution in [0.4, 0.5) is 5.82 Å². The molecule has 4 atom stereocenters. The standard InChI is InChI=1S/C12H16N4O5/c13-9-6-1-2-16(10(6)15-5-14-9)11-12(20,4-18)8(19)7(3-17)21-11/h1-2,5,7-8,11,17-20H,3-4H2,(H2,13,14,15). The van der Waals surface area contributed by atoms with Crippen LogP contribution in [0.3, 0.4) is 0 Å². The molecule has 9 heteroatoms. The fourth-order valence-electron chi connectivity index (χ4n) is 2.63. The Morgan fingerprint density at radius 1 is 1.38 bits per heavy atom. The van der Waals surface area contributed by atoms with E-state index in [-0.39, 0.29) is 5.82 Å². The van der Waals surface area contributed by atoms with Crippen LogP contribution in [0.15, 0.2) is 18.6 Å². The van der Waals surface area contributed by atoms with Gasteiger partial charge in [0.15, 0.2) is 11.8 Å². The number of aliphatic hydroxyl groups excluding tert-OH is 3. The van der Waals surface area contributed by atoms with Crippen LogP contribution in [0.25, 0.3) is 11.0 Å². The van der Waals surface area contributed by atoms with Crippen LogP contribution in [0, 0.1) is 0 Å². The monoisotopic (exact) mass is 296 g/mol. The number of rotatable bonds is 3. The molecule has 21 heavy (non-hydrogen) atoms. The van der Waals surface area contributed by atoms with E-state index in [9.17, 15) is 20.4 Å². The molecule has 9 nitrogen and oxygen atoms in total. The number of anilines is 1. The Hall–Kier alpha value is -1.78. The van der Waals surface area contributed by atoms with E-state index >= 15 is 0 Å². The molecule has 6 N–H and O–H groups in total. The van der Waals surface area contributed by atoms with Crippen molar-refractivity contribution in [2.75, 3.05) is 18.9 Å². The Morgan fingerprint density at radius 3 is 2.81 bits per heavy atom. The quantitative estimate of drug-likeness (QED) is 0.436. The molecule has 3 heterocycles. The molecule has 4 unspecified atom stereocenters. The highest BCUT2D eigenvalue weighted by Gasteiger charge is 2.56. The molecular weight excluding hydrogens is 280 g/mol. The Morgan fingerprint density at radius 2 is 2.14 bits per heavy atom. The van der Waals surface area contributed by atoms with E-state index in [1.54, 1.807) is 12.3 Å². The highest BCUT2D eigenvalue weighted by Crippen LogP contribution is 2.39. The van der Waals surface area contributed by atoms with E-state index in [0.717, 1.165) is 0 Å². The number of ether oxygens (including phenoxy) is 1. The van der Waals surface area contributed by atoms with Gasteiger partial charge < -0.3 is 35.5 Å². The number of hydrogen-bond donors (Lipinski definition) is 5. The molecule has 0 saturated carbocycles. The second-order valence-corrected chi connectivity index (χ2v) is 5.02. The van der Waals surface area contributed by atoms with Crippen molar-refractivity contribution in [3.63, 3.8) is 0 Å². The molecule has 1 fully saturated rings. The first-order valence-electron chi connectivity index (χ1n) is 6.37. The van der Waals surface area contributed by atoms with Crippen molar-refractivity contribution in [3.05, 3.63) is 18.6 Å². The Bertz CT molecular complexity index is 662. The molecule has 0 aliphatic carbocycles. The second-order valence-electron chi connectivity index (χ2n) is 5.02. The van der Waals surface area contributed by atoms with Gasteiger partial charge in [0, 0.05) is 6.20 Å². The zero-order valence-electron chi connectivity index (χ0n) is 11.0. The van der Waals surface area contributed by atoms with E-state index in [1.807, 2.05) is 0 Å². The number of nitrogens with two attached hydrogens (primary N) is 1. The summed E-state index contributed by atoms with van der Waals surface area (Å²) in [5.74, 6) is 0.267. The third-order valence-corrected chi connectivity index (χ3v) is 3.82. The summed E-state index contributed by atoms with van der Waals surface area (Å²) in [5.41, 5.74) is 4.18. The molecule has 1 aliphatic rings. The lowest BCUT2D eigenvalue weighted by molar-refractivity contribution is -0.132. The maximum absolute atomic E-state index is 10.5. The second kappa shape index (κ2) is 4.90. The Labute approximate surface area is 119 Å². The fourth-order valence-corrected chi connectivity index (χ4v) is 2.63. The van der Waals surface area contributed by atoms with Crippen molar-refractivity contribution in [1.82, 2.24) is 14.5 Å². The van der Waals surface area contributed by atoms with Crippen molar-refractivity contribution >= 4 is 16.9 Å². The van der Waals surface area contributed by atoms with Crippen LogP contribution in [-0.4, -0.2) is 66.0 Å². The van der Waals surface area contributed by atoms with Crippen LogP contribution >= 0.6 is 0 Å². The van der Waals surface area contributed by atoms with Crippen molar-refractivity contribution in [3.8, 4) is 0 Å². The smallest absolute Gasteiger partial charge is 0.169 e. The highest BCUT2D eigenvalue weighted by molar-refractivity contribution is 5.86. The minimum atomic E-state index is -1.96. The molecule has 0 radical (unpaired) electrons. The molecule has 3 rings (SSSR count). The number of nitrogens with zero attached hydrogens (tertiary/aromatic N) is 3. The number of fused-ring (bicyclic) bond motifs is 1. The minimum absolute atomic E-state index is 0.267. The van der Waals surface area contributed by atoms with Gasteiger partial charge in [-0.25, -0.2) is 9.97 Å². The van der Waals surface area contributed by atoms with Crippen molar-refractivity contribution in [2.45, 2.75) is 24.0 Å². The van der Waals surface area contributed by atoms with Crippen molar-refractivity contribution < 1.29 is 25.2 Å². The molecule has 0 bridgehead atoms. The summed E-state index contributed by atoms with van der Waals surface area (Å²) in [6.45, 7) is -1.23. The summed E-state index contributed by atoms with van der Waals surface area (Å²) in [6.07, 6.45) is -0.728. The van der Waals surface area contributed by atoms with E-state index in [4.69, 9.17) is 10.5 Å². The molecule has 114 valence electrons. The summed E-state index contributed by atoms with van der Waals surface area (Å²) < 4.78 is 6.92. The lowest BCUT2D eigenvalue weighted by atomic mass is 9.95. The summed E-state index contributed by atoms with van der Waals surface area (Å²) in [6, 6.07) is 1.64. The SMILES string of the molecule is Nc1ncnc2c1ccn2C1OC(CO)C(O)C1(O)CO. The zero-order valence-corrected chi connectivity index (χ0v) is 11.0. The first kappa shape index (κ1) is 14.2. The number of nitrogen functional groups attached to an aromatic ring is 1. The fraction of sp³-hybridized carbons (Fsp3) is 0.500. The molecule has 2 aromatic heterocycles. The molecule has 0 amide bonds. The molecule has 0 aromatic carbocycles. The van der Waals surface area contributed by atoms with Crippen LogP contribution in [0.2, 0.25) is 0 Å². The van der Waals surface area contributed by atoms with E-state index in [0.29, 0.717) is 11.0 Å². The van der Waals surface area contributed by atoms with Gasteiger partial charge in [0.2, 0.25) is 0 Å². The van der Waals surface area contributed by atoms with Gasteiger partial charge in [-0.2, -0.15) is 0 Å². The summed E-state index contributed by atoms with van der Waals surface area (Å²) in [4.78, 5) is 7.94. The first-order valence-corrected chi connectivity index (χ1v) is 6.37. The maximum atomic E-state index is 10.5. The average Bonchev–Trinajstić information content (AvgIpc) is 3.01. The molecule has 0 spiro atoms. The van der Waals surface area contributed by atoms with Gasteiger partial charge in [-0.3, -0.25) is 0 Å². The zero-order chi connectivity index (χ0) is 15.2. The van der Waals surface area contributed by atoms with Crippen LogP contribution in [0.1, 0.15) is 6.23 Å². The summed E-state index contributed by atoms with van der Waals surface area (Å²) in [7, 11) is 0. The minimum Gasteiger partial charge on any atom is -0.394 e. The van der Waals surface area contributed by atoms with Gasteiger partial charge in [-0.05, 0) is 6.07 Å². The number of aromatic nitrogens is 3. The van der Waals surface area contributed by atoms with Gasteiger partial charge in [-0.1, -0.05) is 0 Å². The first-order chi connectivity index (χ1) is 10.0. The average molecular weight is 296 g/mol. The van der Waals surface area contributed by atoms with Gasteiger partial charge in [-0.15, -0.1) is 0 Å². The summed E-state index contributed by atoms with van der Waals surface area (Å²) in [5, 5.41) is 39.8. The van der Waals surface area contributed by atoms with E-state index in [1.165, 1.54) is 10.9 Å². The van der Waals surface area contributed by atoms with Gasteiger partial charge in [0.1, 0.15) is 30.0 Å². The van der Waals surface area contributed by atoms with Gasteiger partial charge in [0.05, 0.1) is 18.6 Å². The topological polar surface area (TPSA) is 147 Å². The van der Waals surface area contributed by atoms with E-state index < -0.39 is 37.3 Å². The lowest BCUT2D eigenvalue weighted by Crippen LogP contribution is -2.49. The van der Waals surface area contributed by atoms with E-state index in [2.05, 4.69) is 9.97 Å². The molecule has 1 saturated heterocycles. The van der Waals surface area contributed by atoms with Crippen LogP contribution in [0.5, 0.6) is 0 Å². The van der Waals surface area contributed by atoms with Crippen LogP contribution < -0.4 is 5.73 Å². The third kappa shape index (κ3) is 1.90. The maximum Gasteiger partial charge on any atom is 0.169 e. The predicted octanol–water partition coefficient (Wildman–Crippen LogP) is -2.01. The highest BCUT2D eigenvalue weighted by atomic mass is 16.6.